The molecule has 0 heterocycles. The van der Waals surface area contributed by atoms with Crippen LogP contribution in [0.15, 0.2) is 12.1 Å². The highest BCUT2D eigenvalue weighted by molar-refractivity contribution is 5.88. The lowest BCUT2D eigenvalue weighted by Crippen LogP contribution is -2.31. The lowest BCUT2D eigenvalue weighted by atomic mass is 9.79. The van der Waals surface area contributed by atoms with Crippen LogP contribution in [0, 0.1) is 23.5 Å². The first-order chi connectivity index (χ1) is 9.38. The summed E-state index contributed by atoms with van der Waals surface area (Å²) in [6.07, 6.45) is 2.75. The summed E-state index contributed by atoms with van der Waals surface area (Å²) in [6.45, 7) is 4.32. The molecule has 1 fully saturated rings. The Kier molecular flexibility index (Phi) is 4.26. The zero-order valence-electron chi connectivity index (χ0n) is 11.6. The Balaban J connectivity index is 2.16. The monoisotopic (exact) mass is 283 g/mol. The van der Waals surface area contributed by atoms with Crippen molar-refractivity contribution < 1.29 is 18.7 Å². The van der Waals surface area contributed by atoms with Gasteiger partial charge in [0.1, 0.15) is 17.3 Å². The van der Waals surface area contributed by atoms with Gasteiger partial charge in [0.15, 0.2) is 0 Å². The van der Waals surface area contributed by atoms with Gasteiger partial charge in [-0.25, -0.2) is 13.6 Å². The Morgan fingerprint density at radius 3 is 2.30 bits per heavy atom. The number of carboxylic acid groups (broad SMARTS) is 1. The first-order valence-corrected chi connectivity index (χ1v) is 6.87. The van der Waals surface area contributed by atoms with E-state index in [1.165, 1.54) is 0 Å². The molecular formula is C15H19F2NO2. The molecule has 5 heteroatoms. The second kappa shape index (κ2) is 5.77. The van der Waals surface area contributed by atoms with Crippen LogP contribution in [0.5, 0.6) is 0 Å². The van der Waals surface area contributed by atoms with Crippen molar-refractivity contribution in [3.05, 3.63) is 29.3 Å². The number of nitrogens with one attached hydrogen (secondary N) is 1. The first kappa shape index (κ1) is 14.8. The van der Waals surface area contributed by atoms with Gasteiger partial charge in [-0.05, 0) is 43.2 Å². The molecule has 0 spiro atoms. The van der Waals surface area contributed by atoms with Crippen LogP contribution in [0.25, 0.3) is 0 Å². The molecule has 0 aromatic heterocycles. The third-order valence-electron chi connectivity index (χ3n) is 4.24. The average Bonchev–Trinajstić information content (AvgIpc) is 2.37. The number of carbonyl (C=O) groups is 1. The molecule has 0 amide bonds. The van der Waals surface area contributed by atoms with E-state index >= 15 is 0 Å². The molecule has 2 N–H and O–H groups in total. The van der Waals surface area contributed by atoms with Crippen molar-refractivity contribution in [3.8, 4) is 0 Å². The van der Waals surface area contributed by atoms with E-state index in [1.54, 1.807) is 0 Å². The Bertz CT molecular complexity index is 496. The van der Waals surface area contributed by atoms with E-state index in [9.17, 15) is 13.6 Å². The zero-order valence-corrected chi connectivity index (χ0v) is 11.6. The molecule has 3 unspecified atom stereocenters. The van der Waals surface area contributed by atoms with E-state index in [0.29, 0.717) is 11.8 Å². The third-order valence-corrected chi connectivity index (χ3v) is 4.24. The van der Waals surface area contributed by atoms with Crippen molar-refractivity contribution in [2.24, 2.45) is 11.8 Å². The van der Waals surface area contributed by atoms with Gasteiger partial charge in [-0.3, -0.25) is 0 Å². The number of benzene rings is 1. The van der Waals surface area contributed by atoms with Crippen LogP contribution in [0.2, 0.25) is 0 Å². The van der Waals surface area contributed by atoms with Gasteiger partial charge in [-0.15, -0.1) is 0 Å². The number of aromatic carboxylic acids is 1. The van der Waals surface area contributed by atoms with Crippen molar-refractivity contribution >= 4 is 11.7 Å². The summed E-state index contributed by atoms with van der Waals surface area (Å²) in [4.78, 5) is 10.7. The van der Waals surface area contributed by atoms with Crippen LogP contribution >= 0.6 is 0 Å². The van der Waals surface area contributed by atoms with Gasteiger partial charge in [0.2, 0.25) is 0 Å². The molecule has 1 aliphatic carbocycles. The predicted molar refractivity (Wildman–Crippen MR) is 72.9 cm³/mol. The van der Waals surface area contributed by atoms with Gasteiger partial charge in [0.25, 0.3) is 0 Å². The molecule has 0 saturated heterocycles. The van der Waals surface area contributed by atoms with Crippen LogP contribution in [-0.4, -0.2) is 17.1 Å². The molecule has 1 aromatic rings. The molecule has 3 nitrogen and oxygen atoms in total. The Hall–Kier alpha value is -1.65. The van der Waals surface area contributed by atoms with E-state index in [1.807, 2.05) is 0 Å². The normalized spacial score (nSPS) is 26.3. The van der Waals surface area contributed by atoms with Gasteiger partial charge in [-0.2, -0.15) is 0 Å². The zero-order chi connectivity index (χ0) is 14.9. The molecule has 20 heavy (non-hydrogen) atoms. The maximum absolute atomic E-state index is 13.8. The smallest absolute Gasteiger partial charge is 0.335 e. The highest BCUT2D eigenvalue weighted by atomic mass is 19.1. The molecule has 3 atom stereocenters. The molecule has 2 rings (SSSR count). The number of carboxylic acids is 1. The molecule has 0 aliphatic heterocycles. The van der Waals surface area contributed by atoms with E-state index in [0.717, 1.165) is 31.4 Å². The van der Waals surface area contributed by atoms with Crippen LogP contribution in [0.1, 0.15) is 43.5 Å². The Morgan fingerprint density at radius 1 is 1.20 bits per heavy atom. The summed E-state index contributed by atoms with van der Waals surface area (Å²) in [6, 6.07) is 1.73. The predicted octanol–water partition coefficient (Wildman–Crippen LogP) is 3.90. The minimum Gasteiger partial charge on any atom is -0.478 e. The number of anilines is 1. The molecular weight excluding hydrogens is 264 g/mol. The minimum absolute atomic E-state index is 0.0286. The Morgan fingerprint density at radius 2 is 1.80 bits per heavy atom. The number of hydrogen-bond donors (Lipinski definition) is 2. The SMILES string of the molecule is CC1CCC(Nc2c(F)cc(C(=O)O)cc2F)CC1C. The summed E-state index contributed by atoms with van der Waals surface area (Å²) in [7, 11) is 0. The largest absolute Gasteiger partial charge is 0.478 e. The van der Waals surface area contributed by atoms with Crippen LogP contribution in [0.4, 0.5) is 14.5 Å². The van der Waals surface area contributed by atoms with Gasteiger partial charge in [-0.1, -0.05) is 13.8 Å². The maximum atomic E-state index is 13.8. The first-order valence-electron chi connectivity index (χ1n) is 6.87. The topological polar surface area (TPSA) is 49.3 Å². The van der Waals surface area contributed by atoms with Gasteiger partial charge < -0.3 is 10.4 Å². The average molecular weight is 283 g/mol. The maximum Gasteiger partial charge on any atom is 0.335 e. The molecule has 110 valence electrons. The number of hydrogen-bond acceptors (Lipinski definition) is 2. The molecule has 0 bridgehead atoms. The van der Waals surface area contributed by atoms with Crippen molar-refractivity contribution in [2.45, 2.75) is 39.2 Å². The van der Waals surface area contributed by atoms with E-state index in [4.69, 9.17) is 5.11 Å². The van der Waals surface area contributed by atoms with Gasteiger partial charge in [0, 0.05) is 6.04 Å². The quantitative estimate of drug-likeness (QED) is 0.884. The van der Waals surface area contributed by atoms with Gasteiger partial charge in [0.05, 0.1) is 5.56 Å². The van der Waals surface area contributed by atoms with Crippen molar-refractivity contribution in [1.29, 1.82) is 0 Å². The molecule has 1 saturated carbocycles. The van der Waals surface area contributed by atoms with Crippen molar-refractivity contribution in [3.63, 3.8) is 0 Å². The fourth-order valence-electron chi connectivity index (χ4n) is 2.72. The second-order valence-corrected chi connectivity index (χ2v) is 5.73. The van der Waals surface area contributed by atoms with Crippen LogP contribution in [0.3, 0.4) is 0 Å². The van der Waals surface area contributed by atoms with E-state index in [2.05, 4.69) is 19.2 Å². The van der Waals surface area contributed by atoms with Crippen molar-refractivity contribution in [2.75, 3.05) is 5.32 Å². The van der Waals surface area contributed by atoms with E-state index in [-0.39, 0.29) is 17.3 Å². The highest BCUT2D eigenvalue weighted by Gasteiger charge is 2.26. The summed E-state index contributed by atoms with van der Waals surface area (Å²) in [5, 5.41) is 11.6. The fraction of sp³-hybridized carbons (Fsp3) is 0.533. The number of halogens is 2. The third kappa shape index (κ3) is 3.08. The Labute approximate surface area is 117 Å². The lowest BCUT2D eigenvalue weighted by Gasteiger charge is -2.33. The summed E-state index contributed by atoms with van der Waals surface area (Å²) < 4.78 is 27.7. The highest BCUT2D eigenvalue weighted by Crippen LogP contribution is 2.32. The van der Waals surface area contributed by atoms with Gasteiger partial charge >= 0.3 is 5.97 Å². The number of rotatable bonds is 3. The summed E-state index contributed by atoms with van der Waals surface area (Å²) >= 11 is 0. The second-order valence-electron chi connectivity index (χ2n) is 5.73. The van der Waals surface area contributed by atoms with Crippen LogP contribution < -0.4 is 5.32 Å². The summed E-state index contributed by atoms with van der Waals surface area (Å²) in [5.41, 5.74) is -0.599. The molecule has 1 aromatic carbocycles. The lowest BCUT2D eigenvalue weighted by molar-refractivity contribution is 0.0696. The molecule has 1 aliphatic rings. The van der Waals surface area contributed by atoms with Crippen LogP contribution in [-0.2, 0) is 0 Å². The molecule has 0 radical (unpaired) electrons. The standard InChI is InChI=1S/C15H19F2NO2/c1-8-3-4-11(5-9(8)2)18-14-12(16)6-10(15(19)20)7-13(14)17/h6-9,11,18H,3-5H2,1-2H3,(H,19,20). The fourth-order valence-corrected chi connectivity index (χ4v) is 2.72. The minimum atomic E-state index is -1.34. The van der Waals surface area contributed by atoms with E-state index < -0.39 is 17.6 Å². The summed E-state index contributed by atoms with van der Waals surface area (Å²) in [5.74, 6) is -1.92. The van der Waals surface area contributed by atoms with Crippen molar-refractivity contribution in [1.82, 2.24) is 0 Å².